The molecule has 40 heavy (non-hydrogen) atoms. The SMILES string of the molecule is C=CCOc1cccc(C2/C(=C(\O)c3ccc(Cl)cc3)C(=O)C(=O)N2c2nnc(SCc3ccccc3Cl)s2)c1. The number of hydrogen-bond acceptors (Lipinski definition) is 8. The van der Waals surface area contributed by atoms with Crippen LogP contribution < -0.4 is 9.64 Å². The summed E-state index contributed by atoms with van der Waals surface area (Å²) in [6.07, 6.45) is 1.61. The predicted octanol–water partition coefficient (Wildman–Crippen LogP) is 7.33. The molecule has 1 unspecified atom stereocenters. The van der Waals surface area contributed by atoms with Gasteiger partial charge in [-0.05, 0) is 53.6 Å². The molecule has 1 aliphatic rings. The van der Waals surface area contributed by atoms with Gasteiger partial charge in [0.2, 0.25) is 5.13 Å². The van der Waals surface area contributed by atoms with E-state index in [4.69, 9.17) is 27.9 Å². The highest BCUT2D eigenvalue weighted by atomic mass is 35.5. The number of anilines is 1. The number of Topliss-reactive ketones (excluding diaryl/α,β-unsaturated/α-hetero) is 1. The second-order valence-corrected chi connectivity index (χ2v) is 11.6. The molecule has 1 N–H and O–H groups in total. The van der Waals surface area contributed by atoms with Crippen molar-refractivity contribution in [2.75, 3.05) is 11.5 Å². The van der Waals surface area contributed by atoms with Gasteiger partial charge in [0.1, 0.15) is 18.1 Å². The van der Waals surface area contributed by atoms with Gasteiger partial charge in [0.15, 0.2) is 4.34 Å². The largest absolute Gasteiger partial charge is 0.507 e. The van der Waals surface area contributed by atoms with Gasteiger partial charge in [0, 0.05) is 21.4 Å². The number of rotatable bonds is 9. The number of hydrogen-bond donors (Lipinski definition) is 1. The predicted molar refractivity (Wildman–Crippen MR) is 159 cm³/mol. The average Bonchev–Trinajstić information content (AvgIpc) is 3.53. The summed E-state index contributed by atoms with van der Waals surface area (Å²) < 4.78 is 6.29. The van der Waals surface area contributed by atoms with E-state index in [0.29, 0.717) is 37.0 Å². The van der Waals surface area contributed by atoms with Gasteiger partial charge in [-0.2, -0.15) is 0 Å². The normalized spacial score (nSPS) is 16.4. The Kier molecular flexibility index (Phi) is 8.56. The first kappa shape index (κ1) is 27.9. The number of aromatic nitrogens is 2. The van der Waals surface area contributed by atoms with Gasteiger partial charge in [-0.15, -0.1) is 10.2 Å². The minimum Gasteiger partial charge on any atom is -0.507 e. The average molecular weight is 611 g/mol. The lowest BCUT2D eigenvalue weighted by atomic mass is 9.95. The van der Waals surface area contributed by atoms with Crippen LogP contribution in [-0.2, 0) is 15.3 Å². The molecule has 0 saturated carbocycles. The fourth-order valence-electron chi connectivity index (χ4n) is 4.15. The van der Waals surface area contributed by atoms with Gasteiger partial charge in [-0.25, -0.2) is 0 Å². The summed E-state index contributed by atoms with van der Waals surface area (Å²) in [7, 11) is 0. The third-order valence-corrected chi connectivity index (χ3v) is 8.74. The number of halogens is 2. The Labute approximate surface area is 248 Å². The smallest absolute Gasteiger partial charge is 0.301 e. The van der Waals surface area contributed by atoms with Crippen molar-refractivity contribution in [2.24, 2.45) is 0 Å². The lowest BCUT2D eigenvalue weighted by molar-refractivity contribution is -0.132. The Hall–Kier alpha value is -3.63. The van der Waals surface area contributed by atoms with Crippen LogP contribution in [0.3, 0.4) is 0 Å². The zero-order chi connectivity index (χ0) is 28.2. The number of thioether (sulfide) groups is 1. The van der Waals surface area contributed by atoms with Crippen molar-refractivity contribution in [3.63, 3.8) is 0 Å². The maximum Gasteiger partial charge on any atom is 0.301 e. The summed E-state index contributed by atoms with van der Waals surface area (Å²) in [6.45, 7) is 3.94. The van der Waals surface area contributed by atoms with E-state index < -0.39 is 17.7 Å². The number of nitrogens with zero attached hydrogens (tertiary/aromatic N) is 3. The maximum absolute atomic E-state index is 13.5. The first-order valence-corrected chi connectivity index (χ1v) is 14.5. The van der Waals surface area contributed by atoms with Crippen molar-refractivity contribution in [3.05, 3.63) is 118 Å². The van der Waals surface area contributed by atoms with Crippen molar-refractivity contribution in [1.29, 1.82) is 0 Å². The standard InChI is InChI=1S/C29H21Cl2N3O4S2/c1-2-14-38-21-8-5-7-18(15-21)24-23(25(35)17-10-12-20(30)13-11-17)26(36)27(37)34(24)28-32-33-29(40-28)39-16-19-6-3-4-9-22(19)31/h2-13,15,24,35H,1,14,16H2/b25-23+. The number of ether oxygens (including phenoxy) is 1. The molecule has 0 aliphatic carbocycles. The summed E-state index contributed by atoms with van der Waals surface area (Å²) in [5.41, 5.74) is 1.76. The molecule has 3 aromatic carbocycles. The fraction of sp³-hybridized carbons (Fsp3) is 0.103. The molecule has 4 aromatic rings. The van der Waals surface area contributed by atoms with E-state index in [2.05, 4.69) is 16.8 Å². The van der Waals surface area contributed by atoms with Crippen LogP contribution in [0, 0.1) is 0 Å². The van der Waals surface area contributed by atoms with Gasteiger partial charge in [-0.3, -0.25) is 14.5 Å². The molecule has 2 heterocycles. The molecule has 1 fully saturated rings. The molecule has 1 amide bonds. The van der Waals surface area contributed by atoms with Crippen LogP contribution in [0.1, 0.15) is 22.7 Å². The molecule has 0 radical (unpaired) electrons. The number of carbonyl (C=O) groups is 2. The van der Waals surface area contributed by atoms with E-state index >= 15 is 0 Å². The van der Waals surface area contributed by atoms with Gasteiger partial charge < -0.3 is 9.84 Å². The van der Waals surface area contributed by atoms with Gasteiger partial charge in [0.25, 0.3) is 5.78 Å². The van der Waals surface area contributed by atoms with Crippen molar-refractivity contribution in [3.8, 4) is 5.75 Å². The molecule has 0 spiro atoms. The summed E-state index contributed by atoms with van der Waals surface area (Å²) in [5, 5.41) is 21.1. The molecule has 11 heteroatoms. The summed E-state index contributed by atoms with van der Waals surface area (Å²) >= 11 is 14.9. The number of carbonyl (C=O) groups excluding carboxylic acids is 2. The van der Waals surface area contributed by atoms with Gasteiger partial charge in [-0.1, -0.05) is 89.3 Å². The van der Waals surface area contributed by atoms with Crippen LogP contribution in [-0.4, -0.2) is 33.6 Å². The molecule has 5 rings (SSSR count). The second kappa shape index (κ2) is 12.3. The molecule has 7 nitrogen and oxygen atoms in total. The zero-order valence-corrected chi connectivity index (χ0v) is 23.9. The number of benzene rings is 3. The van der Waals surface area contributed by atoms with Crippen LogP contribution in [0.25, 0.3) is 5.76 Å². The van der Waals surface area contributed by atoms with E-state index in [-0.39, 0.29) is 23.1 Å². The van der Waals surface area contributed by atoms with Gasteiger partial charge in [0.05, 0.1) is 11.6 Å². The van der Waals surface area contributed by atoms with Crippen LogP contribution in [0.4, 0.5) is 5.13 Å². The van der Waals surface area contributed by atoms with Crippen molar-refractivity contribution < 1.29 is 19.4 Å². The Balaban J connectivity index is 1.56. The van der Waals surface area contributed by atoms with E-state index in [1.807, 2.05) is 24.3 Å². The van der Waals surface area contributed by atoms with Crippen LogP contribution in [0.2, 0.25) is 10.0 Å². The van der Waals surface area contributed by atoms with Crippen LogP contribution in [0.5, 0.6) is 5.75 Å². The van der Waals surface area contributed by atoms with E-state index in [1.165, 1.54) is 28.0 Å². The highest BCUT2D eigenvalue weighted by Gasteiger charge is 2.48. The van der Waals surface area contributed by atoms with Crippen molar-refractivity contribution in [1.82, 2.24) is 10.2 Å². The second-order valence-electron chi connectivity index (χ2n) is 8.58. The Morgan fingerprint density at radius 1 is 1.07 bits per heavy atom. The number of ketones is 1. The molecule has 202 valence electrons. The molecule has 1 saturated heterocycles. The van der Waals surface area contributed by atoms with E-state index in [0.717, 1.165) is 5.56 Å². The van der Waals surface area contributed by atoms with Gasteiger partial charge >= 0.3 is 5.91 Å². The van der Waals surface area contributed by atoms with E-state index in [1.54, 1.807) is 54.6 Å². The first-order valence-electron chi connectivity index (χ1n) is 12.0. The first-order chi connectivity index (χ1) is 19.4. The Morgan fingerprint density at radius 2 is 1.85 bits per heavy atom. The Morgan fingerprint density at radius 3 is 2.60 bits per heavy atom. The minimum atomic E-state index is -0.975. The molecule has 0 bridgehead atoms. The summed E-state index contributed by atoms with van der Waals surface area (Å²) in [6, 6.07) is 19.9. The van der Waals surface area contributed by atoms with E-state index in [9.17, 15) is 14.7 Å². The molecular formula is C29H21Cl2N3O4S2. The van der Waals surface area contributed by atoms with Crippen LogP contribution >= 0.6 is 46.3 Å². The highest BCUT2D eigenvalue weighted by Crippen LogP contribution is 2.44. The zero-order valence-electron chi connectivity index (χ0n) is 20.8. The van der Waals surface area contributed by atoms with Crippen molar-refractivity contribution in [2.45, 2.75) is 16.1 Å². The Bertz CT molecular complexity index is 1620. The number of aliphatic hydroxyl groups excluding tert-OH is 1. The van der Waals surface area contributed by atoms with Crippen molar-refractivity contribution >= 4 is 68.9 Å². The lowest BCUT2D eigenvalue weighted by Crippen LogP contribution is -2.29. The fourth-order valence-corrected chi connectivity index (χ4v) is 6.43. The summed E-state index contributed by atoms with van der Waals surface area (Å²) in [5.74, 6) is -0.914. The molecule has 1 atom stereocenters. The summed E-state index contributed by atoms with van der Waals surface area (Å²) in [4.78, 5) is 28.2. The third-order valence-electron chi connectivity index (χ3n) is 6.01. The third kappa shape index (κ3) is 5.78. The lowest BCUT2D eigenvalue weighted by Gasteiger charge is -2.23. The quantitative estimate of drug-likeness (QED) is 0.0530. The number of amides is 1. The number of aliphatic hydroxyl groups is 1. The highest BCUT2D eigenvalue weighted by molar-refractivity contribution is 8.00. The topological polar surface area (TPSA) is 92.6 Å². The molecule has 1 aliphatic heterocycles. The maximum atomic E-state index is 13.5. The monoisotopic (exact) mass is 609 g/mol. The molecule has 1 aromatic heterocycles. The van der Waals surface area contributed by atoms with Crippen LogP contribution in [0.15, 0.2) is 95.4 Å². The minimum absolute atomic E-state index is 0.0753. The molecular weight excluding hydrogens is 589 g/mol.